The smallest absolute Gasteiger partial charge is 0.314 e. The lowest BCUT2D eigenvalue weighted by atomic mass is 10.0. The van der Waals surface area contributed by atoms with Crippen molar-refractivity contribution in [1.29, 1.82) is 0 Å². The molecule has 0 unspecified atom stereocenters. The van der Waals surface area contributed by atoms with E-state index in [1.165, 1.54) is 4.90 Å². The van der Waals surface area contributed by atoms with Crippen molar-refractivity contribution in [2.75, 3.05) is 26.2 Å². The summed E-state index contributed by atoms with van der Waals surface area (Å²) < 4.78 is 77.8. The number of halogens is 8. The molecule has 1 N–H and O–H groups in total. The molecule has 0 radical (unpaired) electrons. The van der Waals surface area contributed by atoms with Gasteiger partial charge in [-0.3, -0.25) is 4.90 Å². The molecule has 23 heavy (non-hydrogen) atoms. The van der Waals surface area contributed by atoms with Crippen LogP contribution in [0.25, 0.3) is 0 Å². The maximum Gasteiger partial charge on any atom is 0.419 e. The number of alkyl halides is 5. The molecule has 2 rings (SSSR count). The van der Waals surface area contributed by atoms with Gasteiger partial charge < -0.3 is 5.32 Å². The normalized spacial score (nSPS) is 17.3. The monoisotopic (exact) mass is 384 g/mol. The van der Waals surface area contributed by atoms with Crippen LogP contribution < -0.4 is 5.32 Å². The Morgan fingerprint density at radius 2 is 1.61 bits per heavy atom. The van der Waals surface area contributed by atoms with E-state index in [4.69, 9.17) is 0 Å². The molecule has 134 valence electrons. The van der Waals surface area contributed by atoms with Crippen LogP contribution in [0.1, 0.15) is 17.2 Å². The minimum absolute atomic E-state index is 0. The van der Waals surface area contributed by atoms with Crippen molar-refractivity contribution in [3.63, 3.8) is 0 Å². The van der Waals surface area contributed by atoms with Crippen molar-refractivity contribution < 1.29 is 26.3 Å². The Hall–Kier alpha value is -0.700. The van der Waals surface area contributed by atoms with E-state index in [0.29, 0.717) is 38.3 Å². The second-order valence-corrected chi connectivity index (χ2v) is 4.80. The predicted octanol–water partition coefficient (Wildman–Crippen LogP) is 3.90. The van der Waals surface area contributed by atoms with Gasteiger partial charge in [-0.2, -0.15) is 13.2 Å². The molecule has 1 aliphatic rings. The number of rotatable bonds is 3. The summed E-state index contributed by atoms with van der Waals surface area (Å²) in [5.74, 6) is -1.46. The third-order valence-electron chi connectivity index (χ3n) is 3.42. The van der Waals surface area contributed by atoms with Gasteiger partial charge in [-0.25, -0.2) is 13.2 Å². The highest BCUT2D eigenvalue weighted by atomic mass is 35.5. The van der Waals surface area contributed by atoms with Gasteiger partial charge >= 0.3 is 6.18 Å². The Balaban J connectivity index is 0.00000242. The average molecular weight is 385 g/mol. The number of hydrogen-bond acceptors (Lipinski definition) is 2. The summed E-state index contributed by atoms with van der Waals surface area (Å²) in [6, 6.07) is 0.599. The highest BCUT2D eigenvalue weighted by Crippen LogP contribution is 2.35. The van der Waals surface area contributed by atoms with Gasteiger partial charge in [0.1, 0.15) is 5.82 Å². The summed E-state index contributed by atoms with van der Waals surface area (Å²) in [4.78, 5) is 1.41. The summed E-state index contributed by atoms with van der Waals surface area (Å²) in [7, 11) is 0. The Morgan fingerprint density at radius 1 is 1.04 bits per heavy atom. The standard InChI is InChI=1S/C13H14F6N2.2ClH/c14-10-2-1-8(7-9(10)13(17,18)19)11(12(15)16)21-5-3-20-4-6-21;;/h1-2,7,11-12,20H,3-6H2;2*1H/t11-;;/m1../s1. The molecule has 1 aromatic carbocycles. The number of piperazine rings is 1. The zero-order valence-corrected chi connectivity index (χ0v) is 13.4. The Bertz CT molecular complexity index is 492. The predicted molar refractivity (Wildman–Crippen MR) is 79.1 cm³/mol. The quantitative estimate of drug-likeness (QED) is 0.795. The topological polar surface area (TPSA) is 15.3 Å². The van der Waals surface area contributed by atoms with E-state index in [1.807, 2.05) is 0 Å². The highest BCUT2D eigenvalue weighted by Gasteiger charge is 2.37. The molecule has 0 bridgehead atoms. The highest BCUT2D eigenvalue weighted by molar-refractivity contribution is 5.85. The molecular weight excluding hydrogens is 369 g/mol. The van der Waals surface area contributed by atoms with Crippen LogP contribution in [-0.4, -0.2) is 37.5 Å². The van der Waals surface area contributed by atoms with Crippen LogP contribution in [0, 0.1) is 5.82 Å². The third kappa shape index (κ3) is 5.41. The lowest BCUT2D eigenvalue weighted by molar-refractivity contribution is -0.140. The van der Waals surface area contributed by atoms with E-state index in [0.717, 1.165) is 6.07 Å². The van der Waals surface area contributed by atoms with Crippen LogP contribution >= 0.6 is 24.8 Å². The minimum atomic E-state index is -4.91. The Kier molecular flexibility index (Phi) is 8.69. The second kappa shape index (κ2) is 8.96. The molecule has 1 saturated heterocycles. The van der Waals surface area contributed by atoms with Gasteiger partial charge in [0, 0.05) is 26.2 Å². The molecule has 2 nitrogen and oxygen atoms in total. The maximum atomic E-state index is 13.3. The first kappa shape index (κ1) is 22.3. The van der Waals surface area contributed by atoms with Crippen molar-refractivity contribution >= 4 is 24.8 Å². The van der Waals surface area contributed by atoms with E-state index >= 15 is 0 Å². The molecular formula is C13H16Cl2F6N2. The molecule has 1 aromatic rings. The van der Waals surface area contributed by atoms with E-state index in [-0.39, 0.29) is 30.4 Å². The molecule has 0 amide bonds. The van der Waals surface area contributed by atoms with Gasteiger partial charge in [0.2, 0.25) is 0 Å². The van der Waals surface area contributed by atoms with E-state index in [1.54, 1.807) is 0 Å². The Labute approximate surface area is 142 Å². The fourth-order valence-corrected chi connectivity index (χ4v) is 2.42. The molecule has 0 saturated carbocycles. The molecule has 0 spiro atoms. The van der Waals surface area contributed by atoms with Gasteiger partial charge in [-0.1, -0.05) is 6.07 Å². The number of benzene rings is 1. The van der Waals surface area contributed by atoms with E-state index < -0.39 is 30.0 Å². The fourth-order valence-electron chi connectivity index (χ4n) is 2.42. The number of nitrogens with zero attached hydrogens (tertiary/aromatic N) is 1. The molecule has 1 atom stereocenters. The molecule has 0 aromatic heterocycles. The maximum absolute atomic E-state index is 13.3. The average Bonchev–Trinajstić information content (AvgIpc) is 2.40. The van der Waals surface area contributed by atoms with Crippen molar-refractivity contribution in [2.24, 2.45) is 0 Å². The van der Waals surface area contributed by atoms with Crippen LogP contribution in [0.15, 0.2) is 18.2 Å². The molecule has 1 fully saturated rings. The molecule has 1 aliphatic heterocycles. The number of nitrogens with one attached hydrogen (secondary N) is 1. The third-order valence-corrected chi connectivity index (χ3v) is 3.42. The summed E-state index contributed by atoms with van der Waals surface area (Å²) in [6.45, 7) is 1.56. The largest absolute Gasteiger partial charge is 0.419 e. The van der Waals surface area contributed by atoms with E-state index in [9.17, 15) is 26.3 Å². The van der Waals surface area contributed by atoms with Crippen molar-refractivity contribution in [1.82, 2.24) is 10.2 Å². The van der Waals surface area contributed by atoms with Crippen LogP contribution in [0.3, 0.4) is 0 Å². The van der Waals surface area contributed by atoms with Gasteiger partial charge in [0.25, 0.3) is 6.43 Å². The molecule has 10 heteroatoms. The summed E-state index contributed by atoms with van der Waals surface area (Å²) >= 11 is 0. The van der Waals surface area contributed by atoms with Crippen molar-refractivity contribution in [3.05, 3.63) is 35.1 Å². The van der Waals surface area contributed by atoms with Gasteiger partial charge in [-0.05, 0) is 17.7 Å². The van der Waals surface area contributed by atoms with Gasteiger partial charge in [0.15, 0.2) is 0 Å². The van der Waals surface area contributed by atoms with Crippen LogP contribution in [0.5, 0.6) is 0 Å². The van der Waals surface area contributed by atoms with Crippen LogP contribution in [0.4, 0.5) is 26.3 Å². The van der Waals surface area contributed by atoms with Gasteiger partial charge in [0.05, 0.1) is 11.6 Å². The SMILES string of the molecule is Cl.Cl.Fc1ccc([C@H](C(F)F)N2CCNCC2)cc1C(F)(F)F. The van der Waals surface area contributed by atoms with E-state index in [2.05, 4.69) is 5.32 Å². The minimum Gasteiger partial charge on any atom is -0.314 e. The summed E-state index contributed by atoms with van der Waals surface area (Å²) in [5, 5.41) is 2.98. The Morgan fingerprint density at radius 3 is 2.09 bits per heavy atom. The zero-order chi connectivity index (χ0) is 15.6. The van der Waals surface area contributed by atoms with Crippen LogP contribution in [-0.2, 0) is 6.18 Å². The van der Waals surface area contributed by atoms with Crippen molar-refractivity contribution in [2.45, 2.75) is 18.6 Å². The zero-order valence-electron chi connectivity index (χ0n) is 11.7. The molecule has 0 aliphatic carbocycles. The summed E-state index contributed by atoms with van der Waals surface area (Å²) in [6.07, 6.45) is -7.76. The van der Waals surface area contributed by atoms with Crippen LogP contribution in [0.2, 0.25) is 0 Å². The lowest BCUT2D eigenvalue weighted by Crippen LogP contribution is -2.47. The van der Waals surface area contributed by atoms with Crippen molar-refractivity contribution in [3.8, 4) is 0 Å². The first-order valence-corrected chi connectivity index (χ1v) is 6.40. The number of hydrogen-bond donors (Lipinski definition) is 1. The first-order valence-electron chi connectivity index (χ1n) is 6.40. The first-order chi connectivity index (χ1) is 9.80. The second-order valence-electron chi connectivity index (χ2n) is 4.80. The summed E-state index contributed by atoms with van der Waals surface area (Å²) in [5.41, 5.74) is -1.73. The lowest BCUT2D eigenvalue weighted by Gasteiger charge is -2.34. The molecule has 1 heterocycles. The fraction of sp³-hybridized carbons (Fsp3) is 0.538. The van der Waals surface area contributed by atoms with Gasteiger partial charge in [-0.15, -0.1) is 24.8 Å².